The Kier molecular flexibility index (Phi) is 10.0. The van der Waals surface area contributed by atoms with E-state index >= 15 is 0 Å². The lowest BCUT2D eigenvalue weighted by Crippen LogP contribution is -2.14. The number of hydrogen-bond donors (Lipinski definition) is 3. The Morgan fingerprint density at radius 3 is 2.68 bits per heavy atom. The van der Waals surface area contributed by atoms with Gasteiger partial charge >= 0.3 is 5.97 Å². The van der Waals surface area contributed by atoms with Crippen LogP contribution in [-0.4, -0.2) is 39.3 Å². The fourth-order valence-corrected chi connectivity index (χ4v) is 2.83. The van der Waals surface area contributed by atoms with Crippen LogP contribution in [0.2, 0.25) is 0 Å². The van der Waals surface area contributed by atoms with Gasteiger partial charge in [0.25, 0.3) is 0 Å². The summed E-state index contributed by atoms with van der Waals surface area (Å²) in [6.07, 6.45) is 14.1. The Balaban J connectivity index is 2.38. The lowest BCUT2D eigenvalue weighted by molar-refractivity contribution is -0.137. The van der Waals surface area contributed by atoms with E-state index in [2.05, 4.69) is 0 Å². The molecule has 140 valence electrons. The third-order valence-electron chi connectivity index (χ3n) is 4.31. The summed E-state index contributed by atoms with van der Waals surface area (Å²) in [4.78, 5) is 22.4. The summed E-state index contributed by atoms with van der Waals surface area (Å²) in [5.74, 6) is -0.853. The summed E-state index contributed by atoms with van der Waals surface area (Å²) in [6, 6.07) is 0. The van der Waals surface area contributed by atoms with E-state index in [4.69, 9.17) is 5.11 Å². The van der Waals surface area contributed by atoms with E-state index in [0.717, 1.165) is 6.42 Å². The monoisotopic (exact) mass is 350 g/mol. The molecule has 1 aliphatic carbocycles. The van der Waals surface area contributed by atoms with Gasteiger partial charge in [-0.15, -0.1) is 0 Å². The van der Waals surface area contributed by atoms with Crippen LogP contribution in [0.1, 0.15) is 51.9 Å². The first-order valence-electron chi connectivity index (χ1n) is 9.03. The van der Waals surface area contributed by atoms with Crippen LogP contribution < -0.4 is 0 Å². The molecule has 4 atom stereocenters. The number of carboxylic acids is 1. The number of allylic oxidation sites excluding steroid dienone is 5. The number of rotatable bonds is 12. The zero-order chi connectivity index (χ0) is 18.7. The second-order valence-electron chi connectivity index (χ2n) is 6.67. The first-order chi connectivity index (χ1) is 11.9. The van der Waals surface area contributed by atoms with Crippen molar-refractivity contribution in [2.45, 2.75) is 64.1 Å². The average Bonchev–Trinajstić information content (AvgIpc) is 2.88. The molecule has 1 aliphatic rings. The smallest absolute Gasteiger partial charge is 0.303 e. The van der Waals surface area contributed by atoms with Crippen LogP contribution in [0.4, 0.5) is 0 Å². The van der Waals surface area contributed by atoms with Crippen molar-refractivity contribution in [1.82, 2.24) is 0 Å². The van der Waals surface area contributed by atoms with Crippen molar-refractivity contribution in [2.75, 3.05) is 0 Å². The van der Waals surface area contributed by atoms with Gasteiger partial charge in [-0.3, -0.25) is 9.59 Å². The highest BCUT2D eigenvalue weighted by atomic mass is 16.4. The predicted molar refractivity (Wildman–Crippen MR) is 97.0 cm³/mol. The topological polar surface area (TPSA) is 94.8 Å². The molecule has 0 saturated carbocycles. The van der Waals surface area contributed by atoms with Gasteiger partial charge in [-0.2, -0.15) is 0 Å². The van der Waals surface area contributed by atoms with Gasteiger partial charge < -0.3 is 15.3 Å². The molecule has 0 saturated heterocycles. The number of aliphatic hydroxyl groups excluding tert-OH is 2. The number of unbranched alkanes of at least 4 members (excludes halogenated alkanes) is 1. The van der Waals surface area contributed by atoms with Gasteiger partial charge in [0.15, 0.2) is 5.78 Å². The van der Waals surface area contributed by atoms with Crippen molar-refractivity contribution in [3.05, 3.63) is 36.5 Å². The van der Waals surface area contributed by atoms with Gasteiger partial charge in [0, 0.05) is 18.3 Å². The van der Waals surface area contributed by atoms with E-state index in [-0.39, 0.29) is 30.1 Å². The van der Waals surface area contributed by atoms with Gasteiger partial charge in [-0.05, 0) is 51.5 Å². The lowest BCUT2D eigenvalue weighted by Gasteiger charge is -2.13. The van der Waals surface area contributed by atoms with E-state index in [0.29, 0.717) is 32.1 Å². The number of carbonyl (C=O) groups is 2. The highest BCUT2D eigenvalue weighted by Gasteiger charge is 2.27. The van der Waals surface area contributed by atoms with Gasteiger partial charge in [0.1, 0.15) is 0 Å². The van der Waals surface area contributed by atoms with Crippen LogP contribution in [0, 0.1) is 11.8 Å². The van der Waals surface area contributed by atoms with E-state index in [9.17, 15) is 19.8 Å². The largest absolute Gasteiger partial charge is 0.481 e. The molecule has 5 nitrogen and oxygen atoms in total. The van der Waals surface area contributed by atoms with Crippen molar-refractivity contribution in [3.8, 4) is 0 Å². The molecular weight excluding hydrogens is 320 g/mol. The van der Waals surface area contributed by atoms with E-state index in [1.54, 1.807) is 19.1 Å². The highest BCUT2D eigenvalue weighted by Crippen LogP contribution is 2.27. The summed E-state index contributed by atoms with van der Waals surface area (Å²) >= 11 is 0. The molecule has 25 heavy (non-hydrogen) atoms. The first kappa shape index (κ1) is 21.3. The van der Waals surface area contributed by atoms with Crippen molar-refractivity contribution in [2.24, 2.45) is 11.8 Å². The molecular formula is C20H30O5. The Morgan fingerprint density at radius 1 is 1.24 bits per heavy atom. The molecule has 4 unspecified atom stereocenters. The minimum Gasteiger partial charge on any atom is -0.481 e. The quantitative estimate of drug-likeness (QED) is 0.371. The number of hydrogen-bond acceptors (Lipinski definition) is 4. The molecule has 0 bridgehead atoms. The minimum absolute atomic E-state index is 0.0115. The molecule has 0 aromatic carbocycles. The standard InChI is InChI=1S/C20H30O5/c1-15(21)7-6-8-17(22)13-11-16-12-14-19(23)18(16)9-4-2-3-5-10-20(24)25/h2,4,11-18,21-22H,3,5-10H2,1H3,(H,24,25)/b4-2+,13-11+. The van der Waals surface area contributed by atoms with E-state index in [1.165, 1.54) is 0 Å². The first-order valence-corrected chi connectivity index (χ1v) is 9.03. The fourth-order valence-electron chi connectivity index (χ4n) is 2.83. The van der Waals surface area contributed by atoms with Crippen LogP contribution in [0.5, 0.6) is 0 Å². The SMILES string of the molecule is CC(O)CCCC(O)/C=C/C1C=CC(=O)C1C/C=C/CCCC(=O)O. The molecule has 0 spiro atoms. The molecule has 0 heterocycles. The Hall–Kier alpha value is -1.72. The van der Waals surface area contributed by atoms with Crippen LogP contribution in [0.3, 0.4) is 0 Å². The molecule has 0 aromatic heterocycles. The van der Waals surface area contributed by atoms with E-state index < -0.39 is 12.1 Å². The van der Waals surface area contributed by atoms with Crippen LogP contribution in [0.25, 0.3) is 0 Å². The summed E-state index contributed by atoms with van der Waals surface area (Å²) in [5.41, 5.74) is 0. The third kappa shape index (κ3) is 9.37. The zero-order valence-corrected chi connectivity index (χ0v) is 14.9. The number of carbonyl (C=O) groups excluding carboxylic acids is 1. The normalized spacial score (nSPS) is 22.9. The molecule has 3 N–H and O–H groups in total. The average molecular weight is 350 g/mol. The predicted octanol–water partition coefficient (Wildman–Crippen LogP) is 3.03. The molecule has 0 fully saturated rings. The molecule has 0 aliphatic heterocycles. The van der Waals surface area contributed by atoms with Crippen molar-refractivity contribution >= 4 is 11.8 Å². The second kappa shape index (κ2) is 11.8. The minimum atomic E-state index is -0.791. The second-order valence-corrected chi connectivity index (χ2v) is 6.67. The Labute approximate surface area is 149 Å². The van der Waals surface area contributed by atoms with Crippen molar-refractivity contribution in [1.29, 1.82) is 0 Å². The Bertz CT molecular complexity index is 504. The number of aliphatic carboxylic acids is 1. The number of ketones is 1. The van der Waals surface area contributed by atoms with Gasteiger partial charge in [0.05, 0.1) is 12.2 Å². The maximum atomic E-state index is 12.0. The zero-order valence-electron chi connectivity index (χ0n) is 14.9. The fraction of sp³-hybridized carbons (Fsp3) is 0.600. The molecule has 0 amide bonds. The summed E-state index contributed by atoms with van der Waals surface area (Å²) in [5, 5.41) is 27.7. The molecule has 5 heteroatoms. The molecule has 0 aromatic rings. The maximum Gasteiger partial charge on any atom is 0.303 e. The van der Waals surface area contributed by atoms with Crippen molar-refractivity contribution < 1.29 is 24.9 Å². The van der Waals surface area contributed by atoms with Crippen LogP contribution in [-0.2, 0) is 9.59 Å². The summed E-state index contributed by atoms with van der Waals surface area (Å²) in [6.45, 7) is 1.73. The Morgan fingerprint density at radius 2 is 2.00 bits per heavy atom. The molecule has 1 rings (SSSR count). The molecule has 0 radical (unpaired) electrons. The number of aliphatic hydroxyl groups is 2. The van der Waals surface area contributed by atoms with Gasteiger partial charge in [-0.1, -0.05) is 30.4 Å². The van der Waals surface area contributed by atoms with Crippen molar-refractivity contribution in [3.63, 3.8) is 0 Å². The van der Waals surface area contributed by atoms with Crippen LogP contribution >= 0.6 is 0 Å². The van der Waals surface area contributed by atoms with Crippen LogP contribution in [0.15, 0.2) is 36.5 Å². The third-order valence-corrected chi connectivity index (χ3v) is 4.31. The maximum absolute atomic E-state index is 12.0. The number of carboxylic acid groups (broad SMARTS) is 1. The van der Waals surface area contributed by atoms with E-state index in [1.807, 2.05) is 24.3 Å². The summed E-state index contributed by atoms with van der Waals surface area (Å²) in [7, 11) is 0. The highest BCUT2D eigenvalue weighted by molar-refractivity contribution is 5.95. The van der Waals surface area contributed by atoms with Gasteiger partial charge in [-0.25, -0.2) is 0 Å². The lowest BCUT2D eigenvalue weighted by atomic mass is 9.90. The summed E-state index contributed by atoms with van der Waals surface area (Å²) < 4.78 is 0. The van der Waals surface area contributed by atoms with Gasteiger partial charge in [0.2, 0.25) is 0 Å².